The van der Waals surface area contributed by atoms with E-state index >= 15 is 0 Å². The highest BCUT2D eigenvalue weighted by Crippen LogP contribution is 2.07. The van der Waals surface area contributed by atoms with Gasteiger partial charge in [0.15, 0.2) is 0 Å². The minimum absolute atomic E-state index is 0.152. The minimum atomic E-state index is -0.389. The Hall–Kier alpha value is -1.91. The lowest BCUT2D eigenvalue weighted by molar-refractivity contribution is -0.115. The van der Waals surface area contributed by atoms with Crippen molar-refractivity contribution in [2.75, 3.05) is 11.9 Å². The van der Waals surface area contributed by atoms with Crippen molar-refractivity contribution in [3.8, 4) is 0 Å². The van der Waals surface area contributed by atoms with Gasteiger partial charge in [0.05, 0.1) is 6.54 Å². The van der Waals surface area contributed by atoms with Gasteiger partial charge >= 0.3 is 6.41 Å². The van der Waals surface area contributed by atoms with E-state index in [2.05, 4.69) is 10.6 Å². The summed E-state index contributed by atoms with van der Waals surface area (Å²) in [7, 11) is 0. The first-order chi connectivity index (χ1) is 6.72. The Morgan fingerprint density at radius 1 is 1.36 bits per heavy atom. The first kappa shape index (κ1) is 10.2. The SMILES string of the molecule is O=[C]NCC(=O)Nc1ccc(F)cc1. The molecule has 0 aromatic heterocycles. The summed E-state index contributed by atoms with van der Waals surface area (Å²) >= 11 is 0. The van der Waals surface area contributed by atoms with E-state index in [0.29, 0.717) is 5.69 Å². The first-order valence-corrected chi connectivity index (χ1v) is 3.88. The molecule has 1 aromatic rings. The van der Waals surface area contributed by atoms with Crippen LogP contribution in [0, 0.1) is 5.82 Å². The minimum Gasteiger partial charge on any atom is -0.339 e. The van der Waals surface area contributed by atoms with Crippen LogP contribution in [0.25, 0.3) is 0 Å². The van der Waals surface area contributed by atoms with Gasteiger partial charge in [-0.2, -0.15) is 0 Å². The zero-order chi connectivity index (χ0) is 10.4. The average molecular weight is 195 g/mol. The predicted octanol–water partition coefficient (Wildman–Crippen LogP) is 0.421. The fraction of sp³-hybridized carbons (Fsp3) is 0.111. The smallest absolute Gasteiger partial charge is 0.309 e. The fourth-order valence-electron chi connectivity index (χ4n) is 0.855. The monoisotopic (exact) mass is 195 g/mol. The van der Waals surface area contributed by atoms with Crippen molar-refractivity contribution in [1.82, 2.24) is 5.32 Å². The molecule has 0 bridgehead atoms. The molecule has 0 fully saturated rings. The Kier molecular flexibility index (Phi) is 3.60. The molecular formula is C9H8FN2O2. The summed E-state index contributed by atoms with van der Waals surface area (Å²) < 4.78 is 12.5. The second-order valence-corrected chi connectivity index (χ2v) is 2.51. The number of carbonyl (C=O) groups excluding carboxylic acids is 2. The summed E-state index contributed by atoms with van der Waals surface area (Å²) in [5, 5.41) is 4.54. The van der Waals surface area contributed by atoms with Gasteiger partial charge in [-0.3, -0.25) is 9.59 Å². The number of amides is 2. The van der Waals surface area contributed by atoms with E-state index in [-0.39, 0.29) is 18.3 Å². The van der Waals surface area contributed by atoms with E-state index in [1.807, 2.05) is 0 Å². The Bertz CT molecular complexity index is 324. The van der Waals surface area contributed by atoms with Crippen molar-refractivity contribution < 1.29 is 14.0 Å². The summed E-state index contributed by atoms with van der Waals surface area (Å²) in [4.78, 5) is 20.8. The molecule has 0 saturated carbocycles. The van der Waals surface area contributed by atoms with E-state index < -0.39 is 0 Å². The third-order valence-electron chi connectivity index (χ3n) is 1.45. The molecule has 0 aliphatic heterocycles. The van der Waals surface area contributed by atoms with Gasteiger partial charge in [0.2, 0.25) is 5.91 Å². The number of benzene rings is 1. The van der Waals surface area contributed by atoms with Gasteiger partial charge in [0.1, 0.15) is 5.82 Å². The third-order valence-corrected chi connectivity index (χ3v) is 1.45. The molecule has 0 saturated heterocycles. The molecule has 5 heteroatoms. The molecule has 0 heterocycles. The average Bonchev–Trinajstić information content (AvgIpc) is 2.18. The second kappa shape index (κ2) is 4.96. The third kappa shape index (κ3) is 3.22. The summed E-state index contributed by atoms with van der Waals surface area (Å²) in [6.07, 6.45) is 1.37. The number of carbonyl (C=O) groups is 1. The lowest BCUT2D eigenvalue weighted by Gasteiger charge is -2.03. The molecule has 0 aliphatic carbocycles. The molecule has 14 heavy (non-hydrogen) atoms. The van der Waals surface area contributed by atoms with Crippen LogP contribution in [0.5, 0.6) is 0 Å². The number of nitrogens with one attached hydrogen (secondary N) is 2. The van der Waals surface area contributed by atoms with E-state index in [1.54, 1.807) is 0 Å². The molecule has 1 aromatic carbocycles. The van der Waals surface area contributed by atoms with E-state index in [0.717, 1.165) is 0 Å². The molecular weight excluding hydrogens is 187 g/mol. The molecule has 0 spiro atoms. The highest BCUT2D eigenvalue weighted by Gasteiger charge is 2.00. The van der Waals surface area contributed by atoms with Gasteiger partial charge in [-0.05, 0) is 24.3 Å². The van der Waals surface area contributed by atoms with Crippen LogP contribution in [0.2, 0.25) is 0 Å². The molecule has 0 unspecified atom stereocenters. The highest BCUT2D eigenvalue weighted by molar-refractivity contribution is 5.93. The van der Waals surface area contributed by atoms with Gasteiger partial charge < -0.3 is 10.6 Å². The van der Waals surface area contributed by atoms with Crippen molar-refractivity contribution in [2.45, 2.75) is 0 Å². The fourth-order valence-corrected chi connectivity index (χ4v) is 0.855. The Balaban J connectivity index is 2.47. The molecule has 73 valence electrons. The van der Waals surface area contributed by atoms with Crippen molar-refractivity contribution in [1.29, 1.82) is 0 Å². The maximum absolute atomic E-state index is 12.5. The lowest BCUT2D eigenvalue weighted by Crippen LogP contribution is -2.26. The molecule has 4 nitrogen and oxygen atoms in total. The topological polar surface area (TPSA) is 58.2 Å². The lowest BCUT2D eigenvalue weighted by atomic mass is 10.3. The van der Waals surface area contributed by atoms with Crippen LogP contribution < -0.4 is 10.6 Å². The zero-order valence-corrected chi connectivity index (χ0v) is 7.21. The van der Waals surface area contributed by atoms with Gasteiger partial charge in [-0.25, -0.2) is 4.39 Å². The highest BCUT2D eigenvalue weighted by atomic mass is 19.1. The number of rotatable bonds is 4. The van der Waals surface area contributed by atoms with Crippen LogP contribution in [-0.4, -0.2) is 18.9 Å². The maximum atomic E-state index is 12.5. The van der Waals surface area contributed by atoms with Crippen LogP contribution in [0.4, 0.5) is 10.1 Å². The molecule has 2 amide bonds. The summed E-state index contributed by atoms with van der Waals surface area (Å²) in [6.45, 7) is -0.152. The molecule has 1 radical (unpaired) electrons. The number of anilines is 1. The van der Waals surface area contributed by atoms with Gasteiger partial charge in [-0.1, -0.05) is 0 Å². The van der Waals surface area contributed by atoms with Crippen molar-refractivity contribution >= 4 is 18.0 Å². The van der Waals surface area contributed by atoms with Crippen molar-refractivity contribution in [3.63, 3.8) is 0 Å². The summed E-state index contributed by atoms with van der Waals surface area (Å²) in [6, 6.07) is 5.32. The van der Waals surface area contributed by atoms with Crippen molar-refractivity contribution in [2.24, 2.45) is 0 Å². The van der Waals surface area contributed by atoms with Gasteiger partial charge in [-0.15, -0.1) is 0 Å². The Morgan fingerprint density at radius 3 is 2.57 bits per heavy atom. The largest absolute Gasteiger partial charge is 0.339 e. The first-order valence-electron chi connectivity index (χ1n) is 3.88. The molecule has 1 rings (SSSR count). The normalized spacial score (nSPS) is 9.21. The Morgan fingerprint density at radius 2 is 2.00 bits per heavy atom. The predicted molar refractivity (Wildman–Crippen MR) is 48.7 cm³/mol. The van der Waals surface area contributed by atoms with Crippen LogP contribution in [0.1, 0.15) is 0 Å². The number of hydrogen-bond donors (Lipinski definition) is 2. The molecule has 0 aliphatic rings. The number of hydrogen-bond acceptors (Lipinski definition) is 2. The molecule has 2 N–H and O–H groups in total. The summed E-state index contributed by atoms with van der Waals surface area (Å²) in [5.74, 6) is -0.762. The van der Waals surface area contributed by atoms with Gasteiger partial charge in [0.25, 0.3) is 0 Å². The van der Waals surface area contributed by atoms with E-state index in [4.69, 9.17) is 0 Å². The standard InChI is InChI=1S/C9H8FN2O2/c10-7-1-3-8(4-2-7)12-9(14)5-11-6-13/h1-4H,5H2,(H,11,13)(H,12,14). The van der Waals surface area contributed by atoms with Crippen LogP contribution in [0.3, 0.4) is 0 Å². The van der Waals surface area contributed by atoms with Crippen LogP contribution in [-0.2, 0) is 9.59 Å². The summed E-state index contributed by atoms with van der Waals surface area (Å²) in [5.41, 5.74) is 0.476. The maximum Gasteiger partial charge on any atom is 0.309 e. The number of halogens is 1. The van der Waals surface area contributed by atoms with Crippen LogP contribution >= 0.6 is 0 Å². The quantitative estimate of drug-likeness (QED) is 0.684. The zero-order valence-electron chi connectivity index (χ0n) is 7.21. The van der Waals surface area contributed by atoms with E-state index in [1.165, 1.54) is 30.7 Å². The van der Waals surface area contributed by atoms with Crippen molar-refractivity contribution in [3.05, 3.63) is 30.1 Å². The second-order valence-electron chi connectivity index (χ2n) is 2.51. The van der Waals surface area contributed by atoms with Crippen LogP contribution in [0.15, 0.2) is 24.3 Å². The van der Waals surface area contributed by atoms with Gasteiger partial charge in [0, 0.05) is 5.69 Å². The Labute approximate surface area is 80.1 Å². The van der Waals surface area contributed by atoms with E-state index in [9.17, 15) is 14.0 Å². The molecule has 0 atom stereocenters.